The van der Waals surface area contributed by atoms with Gasteiger partial charge >= 0.3 is 0 Å². The Hall–Kier alpha value is -1.10. The molecule has 4 nitrogen and oxygen atoms in total. The summed E-state index contributed by atoms with van der Waals surface area (Å²) in [6.45, 7) is 3.55. The number of piperidine rings is 1. The van der Waals surface area contributed by atoms with Gasteiger partial charge in [-0.1, -0.05) is 29.8 Å². The lowest BCUT2D eigenvalue weighted by atomic mass is 9.71. The van der Waals surface area contributed by atoms with Crippen molar-refractivity contribution >= 4 is 17.5 Å². The van der Waals surface area contributed by atoms with Gasteiger partial charge in [0.25, 0.3) is 0 Å². The van der Waals surface area contributed by atoms with Crippen molar-refractivity contribution in [2.24, 2.45) is 11.3 Å². The van der Waals surface area contributed by atoms with Crippen molar-refractivity contribution in [2.45, 2.75) is 19.3 Å². The number of amides is 1. The highest BCUT2D eigenvalue weighted by molar-refractivity contribution is 6.31. The lowest BCUT2D eigenvalue weighted by Crippen LogP contribution is -2.43. The van der Waals surface area contributed by atoms with E-state index in [0.717, 1.165) is 38.0 Å². The number of hydrogen-bond donors (Lipinski definition) is 2. The number of carbonyl (C=O) groups is 1. The number of hydrogen-bond acceptors (Lipinski definition) is 3. The molecule has 1 aromatic rings. The van der Waals surface area contributed by atoms with Crippen LogP contribution in [0.3, 0.4) is 0 Å². The van der Waals surface area contributed by atoms with Crippen LogP contribution in [0, 0.1) is 11.3 Å². The van der Waals surface area contributed by atoms with Crippen molar-refractivity contribution in [1.82, 2.24) is 10.2 Å². The van der Waals surface area contributed by atoms with E-state index in [1.807, 2.05) is 29.2 Å². The van der Waals surface area contributed by atoms with Crippen molar-refractivity contribution in [3.05, 3.63) is 34.9 Å². The summed E-state index contributed by atoms with van der Waals surface area (Å²) >= 11 is 6.15. The van der Waals surface area contributed by atoms with Gasteiger partial charge in [0.15, 0.2) is 0 Å². The molecule has 1 aromatic carbocycles. The number of aliphatic hydroxyl groups is 1. The van der Waals surface area contributed by atoms with Gasteiger partial charge < -0.3 is 15.3 Å². The fraction of sp³-hybridized carbons (Fsp3) is 0.588. The monoisotopic (exact) mass is 322 g/mol. The molecule has 0 bridgehead atoms. The van der Waals surface area contributed by atoms with E-state index < -0.39 is 0 Å². The lowest BCUT2D eigenvalue weighted by Gasteiger charge is -2.37. The van der Waals surface area contributed by atoms with Gasteiger partial charge in [-0.3, -0.25) is 4.79 Å². The molecule has 2 fully saturated rings. The SMILES string of the molecule is O=C(Cc1ccccc1Cl)N1CC(CO)C2(CCNCC2)C1. The lowest BCUT2D eigenvalue weighted by molar-refractivity contribution is -0.130. The minimum Gasteiger partial charge on any atom is -0.396 e. The highest BCUT2D eigenvalue weighted by Crippen LogP contribution is 2.43. The second kappa shape index (κ2) is 6.57. The normalized spacial score (nSPS) is 23.9. The summed E-state index contributed by atoms with van der Waals surface area (Å²) in [5.41, 5.74) is 0.969. The molecular weight excluding hydrogens is 300 g/mol. The average Bonchev–Trinajstić information content (AvgIpc) is 2.88. The number of aliphatic hydroxyl groups excluding tert-OH is 1. The first-order chi connectivity index (χ1) is 10.6. The maximum absolute atomic E-state index is 12.6. The molecule has 2 N–H and O–H groups in total. The van der Waals surface area contributed by atoms with Gasteiger partial charge in [-0.15, -0.1) is 0 Å². The Morgan fingerprint density at radius 3 is 2.77 bits per heavy atom. The van der Waals surface area contributed by atoms with Gasteiger partial charge in [-0.2, -0.15) is 0 Å². The van der Waals surface area contributed by atoms with E-state index in [1.54, 1.807) is 0 Å². The Balaban J connectivity index is 1.70. The van der Waals surface area contributed by atoms with Crippen LogP contribution in [0.15, 0.2) is 24.3 Å². The standard InChI is InChI=1S/C17H23ClN2O2/c18-15-4-2-1-3-13(15)9-16(22)20-10-14(11-21)17(12-20)5-7-19-8-6-17/h1-4,14,19,21H,5-12H2. The van der Waals surface area contributed by atoms with E-state index in [0.29, 0.717) is 18.0 Å². The van der Waals surface area contributed by atoms with Gasteiger partial charge in [-0.25, -0.2) is 0 Å². The molecule has 1 atom stereocenters. The molecule has 3 rings (SSSR count). The van der Waals surface area contributed by atoms with Gasteiger partial charge in [0, 0.05) is 30.6 Å². The summed E-state index contributed by atoms with van der Waals surface area (Å²) in [5.74, 6) is 0.312. The van der Waals surface area contributed by atoms with Gasteiger partial charge in [0.2, 0.25) is 5.91 Å². The second-order valence-electron chi connectivity index (χ2n) is 6.53. The van der Waals surface area contributed by atoms with Crippen molar-refractivity contribution in [2.75, 3.05) is 32.8 Å². The van der Waals surface area contributed by atoms with Crippen LogP contribution in [0.25, 0.3) is 0 Å². The van der Waals surface area contributed by atoms with Crippen molar-refractivity contribution in [3.63, 3.8) is 0 Å². The first-order valence-electron chi connectivity index (χ1n) is 7.97. The maximum Gasteiger partial charge on any atom is 0.227 e. The van der Waals surface area contributed by atoms with Crippen molar-refractivity contribution in [3.8, 4) is 0 Å². The van der Waals surface area contributed by atoms with E-state index in [4.69, 9.17) is 11.6 Å². The number of benzene rings is 1. The summed E-state index contributed by atoms with van der Waals surface area (Å²) in [7, 11) is 0. The molecule has 0 radical (unpaired) electrons. The van der Waals surface area contributed by atoms with E-state index >= 15 is 0 Å². The van der Waals surface area contributed by atoms with Gasteiger partial charge in [0.05, 0.1) is 6.42 Å². The summed E-state index contributed by atoms with van der Waals surface area (Å²) in [5, 5.41) is 13.8. The Kier molecular flexibility index (Phi) is 4.71. The average molecular weight is 323 g/mol. The minimum atomic E-state index is 0.0934. The largest absolute Gasteiger partial charge is 0.396 e. The maximum atomic E-state index is 12.6. The third-order valence-corrected chi connectivity index (χ3v) is 5.65. The number of likely N-dealkylation sites (tertiary alicyclic amines) is 1. The Morgan fingerprint density at radius 1 is 1.36 bits per heavy atom. The highest BCUT2D eigenvalue weighted by Gasteiger charge is 2.47. The zero-order valence-electron chi connectivity index (χ0n) is 12.7. The van der Waals surface area contributed by atoms with Crippen LogP contribution >= 0.6 is 11.6 Å². The Morgan fingerprint density at radius 2 is 2.09 bits per heavy atom. The second-order valence-corrected chi connectivity index (χ2v) is 6.94. The van der Waals surface area contributed by atoms with Crippen LogP contribution in [0.4, 0.5) is 0 Å². The molecule has 2 saturated heterocycles. The van der Waals surface area contributed by atoms with E-state index in [2.05, 4.69) is 5.32 Å². The van der Waals surface area contributed by atoms with Crippen molar-refractivity contribution < 1.29 is 9.90 Å². The fourth-order valence-corrected chi connectivity index (χ4v) is 4.08. The molecule has 120 valence electrons. The number of nitrogens with zero attached hydrogens (tertiary/aromatic N) is 1. The molecule has 5 heteroatoms. The zero-order chi connectivity index (χ0) is 15.6. The molecule has 2 aliphatic heterocycles. The first-order valence-corrected chi connectivity index (χ1v) is 8.35. The molecule has 2 heterocycles. The van der Waals surface area contributed by atoms with Gasteiger partial charge in [-0.05, 0) is 43.0 Å². The Bertz CT molecular complexity index is 543. The molecule has 2 aliphatic rings. The summed E-state index contributed by atoms with van der Waals surface area (Å²) in [6, 6.07) is 7.50. The predicted molar refractivity (Wildman–Crippen MR) is 86.8 cm³/mol. The molecule has 22 heavy (non-hydrogen) atoms. The molecule has 1 amide bonds. The third-order valence-electron chi connectivity index (χ3n) is 5.28. The summed E-state index contributed by atoms with van der Waals surface area (Å²) in [6.07, 6.45) is 2.41. The zero-order valence-corrected chi connectivity index (χ0v) is 13.5. The molecule has 1 spiro atoms. The fourth-order valence-electron chi connectivity index (χ4n) is 3.88. The van der Waals surface area contributed by atoms with Crippen LogP contribution < -0.4 is 5.32 Å². The summed E-state index contributed by atoms with van der Waals surface area (Å²) < 4.78 is 0. The summed E-state index contributed by atoms with van der Waals surface area (Å²) in [4.78, 5) is 14.6. The molecule has 0 aromatic heterocycles. The predicted octanol–water partition coefficient (Wildman–Crippen LogP) is 1.70. The highest BCUT2D eigenvalue weighted by atomic mass is 35.5. The number of carbonyl (C=O) groups excluding carboxylic acids is 1. The molecular formula is C17H23ClN2O2. The van der Waals surface area contributed by atoms with Crippen LogP contribution in [-0.4, -0.2) is 48.7 Å². The van der Waals surface area contributed by atoms with E-state index in [1.165, 1.54) is 0 Å². The van der Waals surface area contributed by atoms with E-state index in [-0.39, 0.29) is 23.8 Å². The molecule has 1 unspecified atom stereocenters. The van der Waals surface area contributed by atoms with Crippen molar-refractivity contribution in [1.29, 1.82) is 0 Å². The van der Waals surface area contributed by atoms with Crippen LogP contribution in [0.2, 0.25) is 5.02 Å². The smallest absolute Gasteiger partial charge is 0.227 e. The molecule has 0 aliphatic carbocycles. The van der Waals surface area contributed by atoms with Crippen LogP contribution in [-0.2, 0) is 11.2 Å². The Labute approximate surface area is 136 Å². The third kappa shape index (κ3) is 3.00. The number of halogens is 1. The number of nitrogens with one attached hydrogen (secondary N) is 1. The van der Waals surface area contributed by atoms with Gasteiger partial charge in [0.1, 0.15) is 0 Å². The number of rotatable bonds is 3. The molecule has 0 saturated carbocycles. The minimum absolute atomic E-state index is 0.0934. The van der Waals surface area contributed by atoms with E-state index in [9.17, 15) is 9.90 Å². The van der Waals surface area contributed by atoms with Crippen LogP contribution in [0.5, 0.6) is 0 Å². The van der Waals surface area contributed by atoms with Crippen LogP contribution in [0.1, 0.15) is 18.4 Å². The quantitative estimate of drug-likeness (QED) is 0.890. The first kappa shape index (κ1) is 15.8. The topological polar surface area (TPSA) is 52.6 Å².